The van der Waals surface area contributed by atoms with E-state index in [0.717, 1.165) is 11.3 Å². The first-order valence-corrected chi connectivity index (χ1v) is 6.24. The topological polar surface area (TPSA) is 54.0 Å². The van der Waals surface area contributed by atoms with Gasteiger partial charge in [0.25, 0.3) is 0 Å². The highest BCUT2D eigenvalue weighted by molar-refractivity contribution is 5.94. The van der Waals surface area contributed by atoms with Gasteiger partial charge < -0.3 is 10.6 Å². The third kappa shape index (κ3) is 4.19. The first-order valence-electron chi connectivity index (χ1n) is 6.24. The maximum absolute atomic E-state index is 11.9. The number of nitrogens with zero attached hydrogens (tertiary/aromatic N) is 1. The van der Waals surface area contributed by atoms with Crippen molar-refractivity contribution >= 4 is 11.6 Å². The lowest BCUT2D eigenvalue weighted by molar-refractivity contribution is -0.117. The summed E-state index contributed by atoms with van der Waals surface area (Å²) in [5, 5.41) is 6.03. The number of benzene rings is 1. The van der Waals surface area contributed by atoms with E-state index in [1.54, 1.807) is 12.4 Å². The Hall–Kier alpha value is -2.20. The van der Waals surface area contributed by atoms with Gasteiger partial charge >= 0.3 is 0 Å². The molecule has 0 unspecified atom stereocenters. The minimum Gasteiger partial charge on any atom is -0.325 e. The van der Waals surface area contributed by atoms with Gasteiger partial charge in [-0.2, -0.15) is 0 Å². The molecule has 4 heteroatoms. The number of carbonyl (C=O) groups is 1. The van der Waals surface area contributed by atoms with Gasteiger partial charge in [0, 0.05) is 24.6 Å². The summed E-state index contributed by atoms with van der Waals surface area (Å²) in [6.07, 6.45) is 3.52. The molecule has 0 saturated heterocycles. The van der Waals surface area contributed by atoms with Gasteiger partial charge in [0.05, 0.1) is 6.04 Å². The molecule has 0 bridgehead atoms. The molecule has 0 aliphatic carbocycles. The Morgan fingerprint density at radius 2 is 2.00 bits per heavy atom. The molecule has 0 aliphatic heterocycles. The van der Waals surface area contributed by atoms with Gasteiger partial charge in [0.15, 0.2) is 0 Å². The minimum absolute atomic E-state index is 0.0462. The molecule has 0 spiro atoms. The Kier molecular flexibility index (Phi) is 4.64. The smallest absolute Gasteiger partial charge is 0.241 e. The Morgan fingerprint density at radius 1 is 1.21 bits per heavy atom. The van der Waals surface area contributed by atoms with Gasteiger partial charge in [-0.05, 0) is 30.7 Å². The van der Waals surface area contributed by atoms with Crippen LogP contribution in [0, 0.1) is 0 Å². The number of rotatable bonds is 5. The van der Waals surface area contributed by atoms with Crippen molar-refractivity contribution in [2.45, 2.75) is 19.5 Å². The molecular weight excluding hydrogens is 238 g/mol. The second-order valence-electron chi connectivity index (χ2n) is 4.32. The number of hydrogen-bond donors (Lipinski definition) is 2. The second kappa shape index (κ2) is 6.66. The molecule has 0 radical (unpaired) electrons. The lowest BCUT2D eigenvalue weighted by Crippen LogP contribution is -2.37. The highest BCUT2D eigenvalue weighted by Gasteiger charge is 2.11. The van der Waals surface area contributed by atoms with Crippen molar-refractivity contribution in [2.75, 3.05) is 5.32 Å². The molecular formula is C15H17N3O. The fraction of sp³-hybridized carbons (Fsp3) is 0.200. The predicted octanol–water partition coefficient (Wildman–Crippen LogP) is 2.20. The average molecular weight is 255 g/mol. The van der Waals surface area contributed by atoms with Crippen molar-refractivity contribution in [1.82, 2.24) is 10.3 Å². The van der Waals surface area contributed by atoms with E-state index in [2.05, 4.69) is 15.6 Å². The monoisotopic (exact) mass is 255 g/mol. The average Bonchev–Trinajstić information content (AvgIpc) is 2.47. The van der Waals surface area contributed by atoms with Crippen LogP contribution in [0.5, 0.6) is 0 Å². The van der Waals surface area contributed by atoms with Crippen molar-refractivity contribution in [2.24, 2.45) is 0 Å². The molecule has 1 atom stereocenters. The van der Waals surface area contributed by atoms with E-state index in [1.165, 1.54) is 0 Å². The summed E-state index contributed by atoms with van der Waals surface area (Å²) in [4.78, 5) is 16.0. The molecule has 19 heavy (non-hydrogen) atoms. The van der Waals surface area contributed by atoms with Crippen molar-refractivity contribution in [3.63, 3.8) is 0 Å². The van der Waals surface area contributed by atoms with Crippen molar-refractivity contribution < 1.29 is 4.79 Å². The fourth-order valence-electron chi connectivity index (χ4n) is 1.64. The van der Waals surface area contributed by atoms with Crippen LogP contribution in [0.1, 0.15) is 12.5 Å². The third-order valence-electron chi connectivity index (χ3n) is 2.77. The number of nitrogens with one attached hydrogen (secondary N) is 2. The largest absolute Gasteiger partial charge is 0.325 e. The fourth-order valence-corrected chi connectivity index (χ4v) is 1.64. The van der Waals surface area contributed by atoms with Crippen LogP contribution in [0.2, 0.25) is 0 Å². The van der Waals surface area contributed by atoms with Crippen LogP contribution < -0.4 is 10.6 Å². The maximum atomic E-state index is 11.9. The summed E-state index contributed by atoms with van der Waals surface area (Å²) in [7, 11) is 0. The summed E-state index contributed by atoms with van der Waals surface area (Å²) < 4.78 is 0. The van der Waals surface area contributed by atoms with Crippen molar-refractivity contribution in [3.8, 4) is 0 Å². The summed E-state index contributed by atoms with van der Waals surface area (Å²) >= 11 is 0. The van der Waals surface area contributed by atoms with Crippen LogP contribution in [0.4, 0.5) is 5.69 Å². The van der Waals surface area contributed by atoms with Crippen LogP contribution in [0.15, 0.2) is 54.9 Å². The number of anilines is 1. The van der Waals surface area contributed by atoms with E-state index in [1.807, 2.05) is 49.4 Å². The Bertz CT molecular complexity index is 513. The summed E-state index contributed by atoms with van der Waals surface area (Å²) in [5.74, 6) is -0.0462. The van der Waals surface area contributed by atoms with E-state index in [9.17, 15) is 4.79 Å². The highest BCUT2D eigenvalue weighted by Crippen LogP contribution is 2.05. The number of pyridine rings is 1. The number of para-hydroxylation sites is 1. The zero-order valence-electron chi connectivity index (χ0n) is 10.8. The molecule has 98 valence electrons. The normalized spacial score (nSPS) is 11.8. The number of aromatic nitrogens is 1. The van der Waals surface area contributed by atoms with Crippen LogP contribution >= 0.6 is 0 Å². The summed E-state index contributed by atoms with van der Waals surface area (Å²) in [5.41, 5.74) is 1.87. The van der Waals surface area contributed by atoms with Crippen LogP contribution in [0.3, 0.4) is 0 Å². The van der Waals surface area contributed by atoms with E-state index < -0.39 is 0 Å². The number of amides is 1. The molecule has 2 N–H and O–H groups in total. The Morgan fingerprint density at radius 3 is 2.68 bits per heavy atom. The lowest BCUT2D eigenvalue weighted by atomic mass is 10.2. The van der Waals surface area contributed by atoms with Gasteiger partial charge in [0.2, 0.25) is 5.91 Å². The van der Waals surface area contributed by atoms with Gasteiger partial charge in [0.1, 0.15) is 0 Å². The molecule has 0 fully saturated rings. The van der Waals surface area contributed by atoms with Gasteiger partial charge in [-0.3, -0.25) is 9.78 Å². The SMILES string of the molecule is C[C@H](NCc1cccnc1)C(=O)Nc1ccccc1. The van der Waals surface area contributed by atoms with Crippen molar-refractivity contribution in [1.29, 1.82) is 0 Å². The molecule has 1 heterocycles. The van der Waals surface area contributed by atoms with E-state index in [-0.39, 0.29) is 11.9 Å². The predicted molar refractivity (Wildman–Crippen MR) is 75.6 cm³/mol. The van der Waals surface area contributed by atoms with E-state index in [4.69, 9.17) is 0 Å². The standard InChI is InChI=1S/C15H17N3O/c1-12(17-11-13-6-5-9-16-10-13)15(19)18-14-7-3-2-4-8-14/h2-10,12,17H,11H2,1H3,(H,18,19)/t12-/m0/s1. The van der Waals surface area contributed by atoms with Gasteiger partial charge in [-0.15, -0.1) is 0 Å². The highest BCUT2D eigenvalue weighted by atomic mass is 16.2. The third-order valence-corrected chi connectivity index (χ3v) is 2.77. The molecule has 0 aliphatic rings. The lowest BCUT2D eigenvalue weighted by Gasteiger charge is -2.14. The first-order chi connectivity index (χ1) is 9.25. The van der Waals surface area contributed by atoms with Crippen LogP contribution in [0.25, 0.3) is 0 Å². The molecule has 2 rings (SSSR count). The van der Waals surface area contributed by atoms with Crippen molar-refractivity contribution in [3.05, 3.63) is 60.4 Å². The quantitative estimate of drug-likeness (QED) is 0.861. The Balaban J connectivity index is 1.83. The summed E-state index contributed by atoms with van der Waals surface area (Å²) in [6.45, 7) is 2.46. The van der Waals surface area contributed by atoms with E-state index in [0.29, 0.717) is 6.54 Å². The maximum Gasteiger partial charge on any atom is 0.241 e. The molecule has 0 saturated carbocycles. The van der Waals surface area contributed by atoms with Crippen LogP contribution in [-0.4, -0.2) is 16.9 Å². The molecule has 1 aromatic heterocycles. The molecule has 1 amide bonds. The number of carbonyl (C=O) groups excluding carboxylic acids is 1. The second-order valence-corrected chi connectivity index (χ2v) is 4.32. The molecule has 1 aromatic carbocycles. The Labute approximate surface area is 112 Å². The first kappa shape index (κ1) is 13.2. The van der Waals surface area contributed by atoms with E-state index >= 15 is 0 Å². The molecule has 2 aromatic rings. The van der Waals surface area contributed by atoms with Crippen LogP contribution in [-0.2, 0) is 11.3 Å². The van der Waals surface area contributed by atoms with Gasteiger partial charge in [-0.25, -0.2) is 0 Å². The minimum atomic E-state index is -0.264. The summed E-state index contributed by atoms with van der Waals surface area (Å²) in [6, 6.07) is 13.0. The van der Waals surface area contributed by atoms with Gasteiger partial charge in [-0.1, -0.05) is 24.3 Å². The zero-order valence-corrected chi connectivity index (χ0v) is 10.8. The molecule has 4 nitrogen and oxygen atoms in total. The number of hydrogen-bond acceptors (Lipinski definition) is 3. The zero-order chi connectivity index (χ0) is 13.5.